The van der Waals surface area contributed by atoms with Crippen LogP contribution in [0.1, 0.15) is 0 Å². The second-order valence-corrected chi connectivity index (χ2v) is 5.55. The number of anilines is 1. The van der Waals surface area contributed by atoms with Gasteiger partial charge < -0.3 is 20.1 Å². The summed E-state index contributed by atoms with van der Waals surface area (Å²) in [6.45, 7) is -0.149. The first-order valence-electron chi connectivity index (χ1n) is 6.66. The summed E-state index contributed by atoms with van der Waals surface area (Å²) in [6.07, 6.45) is 0. The third kappa shape index (κ3) is 4.47. The topological polar surface area (TPSA) is 95.9 Å². The van der Waals surface area contributed by atoms with E-state index in [4.69, 9.17) is 9.84 Å². The van der Waals surface area contributed by atoms with Crippen molar-refractivity contribution in [2.24, 2.45) is 0 Å². The van der Waals surface area contributed by atoms with Crippen molar-refractivity contribution >= 4 is 35.2 Å². The molecule has 1 aliphatic heterocycles. The molecule has 0 radical (unpaired) electrons. The van der Waals surface area contributed by atoms with Gasteiger partial charge in [0.2, 0.25) is 11.8 Å². The number of para-hydroxylation sites is 1. The summed E-state index contributed by atoms with van der Waals surface area (Å²) in [5, 5.41) is 11.0. The second-order valence-electron chi connectivity index (χ2n) is 4.53. The Morgan fingerprint density at radius 1 is 1.36 bits per heavy atom. The minimum Gasteiger partial charge on any atom is -0.480 e. The van der Waals surface area contributed by atoms with E-state index in [1.54, 1.807) is 0 Å². The van der Waals surface area contributed by atoms with Crippen LogP contribution in [0.5, 0.6) is 0 Å². The Hall–Kier alpha value is -2.06. The molecule has 118 valence electrons. The van der Waals surface area contributed by atoms with Crippen LogP contribution in [0.2, 0.25) is 0 Å². The Bertz CT molecular complexity index is 578. The minimum absolute atomic E-state index is 0.0602. The maximum Gasteiger partial charge on any atom is 0.329 e. The molecule has 2 N–H and O–H groups in total. The van der Waals surface area contributed by atoms with Crippen LogP contribution in [0.15, 0.2) is 29.2 Å². The number of carboxylic acids is 1. The number of thioether (sulfide) groups is 1. The number of carbonyl (C=O) groups excluding carboxylic acids is 2. The molecule has 1 heterocycles. The summed E-state index contributed by atoms with van der Waals surface area (Å²) >= 11 is 1.46. The summed E-state index contributed by atoms with van der Waals surface area (Å²) in [4.78, 5) is 36.5. The van der Waals surface area contributed by atoms with E-state index in [0.717, 1.165) is 10.6 Å². The summed E-state index contributed by atoms with van der Waals surface area (Å²) in [5.41, 5.74) is 0.737. The fraction of sp³-hybridized carbons (Fsp3) is 0.357. The SMILES string of the molecule is O=C(O)COCCNC(=O)CN1C(=O)CSc2ccccc21. The molecular weight excluding hydrogens is 308 g/mol. The maximum atomic E-state index is 12.0. The third-order valence-electron chi connectivity index (χ3n) is 2.90. The number of nitrogens with zero attached hydrogens (tertiary/aromatic N) is 1. The first-order valence-corrected chi connectivity index (χ1v) is 7.65. The third-order valence-corrected chi connectivity index (χ3v) is 3.95. The fourth-order valence-corrected chi connectivity index (χ4v) is 2.88. The zero-order chi connectivity index (χ0) is 15.9. The zero-order valence-corrected chi connectivity index (χ0v) is 12.6. The van der Waals surface area contributed by atoms with E-state index in [-0.39, 0.29) is 31.5 Å². The number of rotatable bonds is 7. The minimum atomic E-state index is -1.06. The van der Waals surface area contributed by atoms with Crippen LogP contribution in [0, 0.1) is 0 Å². The molecule has 0 aliphatic carbocycles. The molecule has 0 saturated heterocycles. The van der Waals surface area contributed by atoms with Crippen LogP contribution in [0.25, 0.3) is 0 Å². The number of hydrogen-bond acceptors (Lipinski definition) is 5. The van der Waals surface area contributed by atoms with Crippen molar-refractivity contribution in [2.45, 2.75) is 4.90 Å². The van der Waals surface area contributed by atoms with Gasteiger partial charge in [0.05, 0.1) is 18.0 Å². The molecule has 0 aromatic heterocycles. The molecule has 22 heavy (non-hydrogen) atoms. The van der Waals surface area contributed by atoms with Crippen LogP contribution < -0.4 is 10.2 Å². The van der Waals surface area contributed by atoms with E-state index in [0.29, 0.717) is 5.75 Å². The molecule has 1 aliphatic rings. The van der Waals surface area contributed by atoms with Crippen molar-refractivity contribution in [3.05, 3.63) is 24.3 Å². The molecule has 0 unspecified atom stereocenters. The lowest BCUT2D eigenvalue weighted by molar-refractivity contribution is -0.142. The molecule has 0 atom stereocenters. The number of nitrogens with one attached hydrogen (secondary N) is 1. The highest BCUT2D eigenvalue weighted by molar-refractivity contribution is 8.00. The molecule has 8 heteroatoms. The molecule has 0 fully saturated rings. The molecule has 2 rings (SSSR count). The average molecular weight is 324 g/mol. The highest BCUT2D eigenvalue weighted by Crippen LogP contribution is 2.34. The summed E-state index contributed by atoms with van der Waals surface area (Å²) in [7, 11) is 0. The molecular formula is C14H16N2O5S. The second kappa shape index (κ2) is 7.81. The van der Waals surface area contributed by atoms with Gasteiger partial charge in [0.25, 0.3) is 0 Å². The van der Waals surface area contributed by atoms with Gasteiger partial charge in [0, 0.05) is 11.4 Å². The summed E-state index contributed by atoms with van der Waals surface area (Å²) < 4.78 is 4.81. The van der Waals surface area contributed by atoms with Gasteiger partial charge in [-0.25, -0.2) is 4.79 Å². The van der Waals surface area contributed by atoms with Crippen molar-refractivity contribution in [1.82, 2.24) is 5.32 Å². The van der Waals surface area contributed by atoms with Gasteiger partial charge in [-0.1, -0.05) is 12.1 Å². The van der Waals surface area contributed by atoms with Crippen molar-refractivity contribution < 1.29 is 24.2 Å². The van der Waals surface area contributed by atoms with E-state index in [2.05, 4.69) is 5.32 Å². The normalized spacial score (nSPS) is 13.6. The number of ether oxygens (including phenoxy) is 1. The fourth-order valence-electron chi connectivity index (χ4n) is 1.95. The number of benzene rings is 1. The number of amides is 2. The molecule has 0 saturated carbocycles. The Kier molecular flexibility index (Phi) is 5.79. The molecule has 7 nitrogen and oxygen atoms in total. The average Bonchev–Trinajstić information content (AvgIpc) is 2.49. The largest absolute Gasteiger partial charge is 0.480 e. The van der Waals surface area contributed by atoms with Gasteiger partial charge in [-0.15, -0.1) is 11.8 Å². The highest BCUT2D eigenvalue weighted by atomic mass is 32.2. The maximum absolute atomic E-state index is 12.0. The van der Waals surface area contributed by atoms with Crippen molar-refractivity contribution in [2.75, 3.05) is 37.0 Å². The van der Waals surface area contributed by atoms with Crippen molar-refractivity contribution in [3.8, 4) is 0 Å². The predicted octanol–water partition coefficient (Wildman–Crippen LogP) is 0.343. The van der Waals surface area contributed by atoms with E-state index in [1.165, 1.54) is 16.7 Å². The Morgan fingerprint density at radius 2 is 2.14 bits per heavy atom. The molecule has 2 amide bonds. The lowest BCUT2D eigenvalue weighted by atomic mass is 10.2. The van der Waals surface area contributed by atoms with Gasteiger partial charge in [0.1, 0.15) is 13.2 Å². The van der Waals surface area contributed by atoms with Gasteiger partial charge in [-0.2, -0.15) is 0 Å². The smallest absolute Gasteiger partial charge is 0.329 e. The predicted molar refractivity (Wildman–Crippen MR) is 81.0 cm³/mol. The Balaban J connectivity index is 1.83. The van der Waals surface area contributed by atoms with Crippen LogP contribution >= 0.6 is 11.8 Å². The molecule has 1 aromatic carbocycles. The number of carboxylic acid groups (broad SMARTS) is 1. The number of hydrogen-bond donors (Lipinski definition) is 2. The Labute approximate surface area is 131 Å². The lowest BCUT2D eigenvalue weighted by Gasteiger charge is -2.28. The van der Waals surface area contributed by atoms with Crippen LogP contribution in [-0.2, 0) is 19.1 Å². The van der Waals surface area contributed by atoms with E-state index < -0.39 is 12.6 Å². The monoisotopic (exact) mass is 324 g/mol. The van der Waals surface area contributed by atoms with Gasteiger partial charge in [-0.3, -0.25) is 9.59 Å². The summed E-state index contributed by atoms with van der Waals surface area (Å²) in [6, 6.07) is 7.43. The number of carbonyl (C=O) groups is 3. The van der Waals surface area contributed by atoms with E-state index in [9.17, 15) is 14.4 Å². The first kappa shape index (κ1) is 16.3. The quantitative estimate of drug-likeness (QED) is 0.702. The van der Waals surface area contributed by atoms with E-state index in [1.807, 2.05) is 24.3 Å². The van der Waals surface area contributed by atoms with Crippen LogP contribution in [0.3, 0.4) is 0 Å². The number of fused-ring (bicyclic) bond motifs is 1. The standard InChI is InChI=1S/C14H16N2O5S/c17-12(15-5-6-21-8-14(19)20)7-16-10-3-1-2-4-11(10)22-9-13(16)18/h1-4H,5-9H2,(H,15,17)(H,19,20). The first-order chi connectivity index (χ1) is 10.6. The number of aliphatic carboxylic acids is 1. The summed E-state index contributed by atoms with van der Waals surface area (Å²) in [5.74, 6) is -1.17. The van der Waals surface area contributed by atoms with Crippen LogP contribution in [-0.4, -0.2) is 54.9 Å². The van der Waals surface area contributed by atoms with Crippen molar-refractivity contribution in [1.29, 1.82) is 0 Å². The lowest BCUT2D eigenvalue weighted by Crippen LogP contribution is -2.44. The van der Waals surface area contributed by atoms with Crippen LogP contribution in [0.4, 0.5) is 5.69 Å². The molecule has 0 spiro atoms. The zero-order valence-electron chi connectivity index (χ0n) is 11.8. The highest BCUT2D eigenvalue weighted by Gasteiger charge is 2.25. The molecule has 0 bridgehead atoms. The van der Waals surface area contributed by atoms with Gasteiger partial charge in [0.15, 0.2) is 0 Å². The molecule has 1 aromatic rings. The van der Waals surface area contributed by atoms with Gasteiger partial charge in [-0.05, 0) is 12.1 Å². The van der Waals surface area contributed by atoms with E-state index >= 15 is 0 Å². The Morgan fingerprint density at radius 3 is 2.91 bits per heavy atom. The van der Waals surface area contributed by atoms with Gasteiger partial charge >= 0.3 is 5.97 Å². The van der Waals surface area contributed by atoms with Crippen molar-refractivity contribution in [3.63, 3.8) is 0 Å².